The molecule has 0 aliphatic rings. The maximum Gasteiger partial charge on any atom is 0.236 e. The summed E-state index contributed by atoms with van der Waals surface area (Å²) in [5, 5.41) is 14.6. The number of methoxy groups -OCH3 is 1. The number of carbonyl (C=O) groups excluding carboxylic acids is 1. The molecule has 10 heteroatoms. The zero-order chi connectivity index (χ0) is 23.2. The minimum Gasteiger partial charge on any atom is -0.497 e. The van der Waals surface area contributed by atoms with Crippen molar-refractivity contribution < 1.29 is 9.53 Å². The SMILES string of the molecule is C=CCn1c(SCC(=O)Nc2nc(-c3ccc(Br)cc3)cs2)nnc1-c1cccc(OC)c1. The van der Waals surface area contributed by atoms with Crippen molar-refractivity contribution >= 4 is 50.1 Å². The van der Waals surface area contributed by atoms with E-state index in [2.05, 4.69) is 43.0 Å². The van der Waals surface area contributed by atoms with Crippen LogP contribution in [0.15, 0.2) is 76.2 Å². The quantitative estimate of drug-likeness (QED) is 0.214. The lowest BCUT2D eigenvalue weighted by atomic mass is 10.2. The molecule has 0 saturated carbocycles. The zero-order valence-corrected chi connectivity index (χ0v) is 20.9. The highest BCUT2D eigenvalue weighted by atomic mass is 79.9. The van der Waals surface area contributed by atoms with Gasteiger partial charge in [-0.3, -0.25) is 9.36 Å². The van der Waals surface area contributed by atoms with Crippen LogP contribution in [0.5, 0.6) is 5.75 Å². The normalized spacial score (nSPS) is 10.7. The van der Waals surface area contributed by atoms with E-state index in [0.29, 0.717) is 22.7 Å². The van der Waals surface area contributed by atoms with Crippen molar-refractivity contribution in [2.45, 2.75) is 11.7 Å². The Morgan fingerprint density at radius 2 is 2.06 bits per heavy atom. The predicted octanol–water partition coefficient (Wildman–Crippen LogP) is 5.76. The monoisotopic (exact) mass is 541 g/mol. The first-order chi connectivity index (χ1) is 16.1. The lowest BCUT2D eigenvalue weighted by molar-refractivity contribution is -0.113. The van der Waals surface area contributed by atoms with E-state index in [4.69, 9.17) is 4.74 Å². The van der Waals surface area contributed by atoms with Gasteiger partial charge < -0.3 is 10.1 Å². The molecule has 168 valence electrons. The van der Waals surface area contributed by atoms with Crippen LogP contribution in [0.25, 0.3) is 22.6 Å². The molecule has 1 N–H and O–H groups in total. The summed E-state index contributed by atoms with van der Waals surface area (Å²) in [7, 11) is 1.62. The molecule has 1 amide bonds. The molecule has 0 fully saturated rings. The lowest BCUT2D eigenvalue weighted by Gasteiger charge is -2.08. The van der Waals surface area contributed by atoms with Gasteiger partial charge in [0.2, 0.25) is 5.91 Å². The third kappa shape index (κ3) is 5.70. The van der Waals surface area contributed by atoms with Crippen LogP contribution in [0, 0.1) is 0 Å². The molecule has 0 aliphatic carbocycles. The van der Waals surface area contributed by atoms with Crippen molar-refractivity contribution in [1.29, 1.82) is 0 Å². The lowest BCUT2D eigenvalue weighted by Crippen LogP contribution is -2.14. The van der Waals surface area contributed by atoms with Crippen LogP contribution in [0.2, 0.25) is 0 Å². The standard InChI is InChI=1S/C23H20BrN5O2S2/c1-3-11-29-21(16-5-4-6-18(12-16)31-2)27-28-23(29)33-14-20(30)26-22-25-19(13-32-22)15-7-9-17(24)10-8-15/h3-10,12-13H,1,11,14H2,2H3,(H,25,26,30). The summed E-state index contributed by atoms with van der Waals surface area (Å²) in [5.41, 5.74) is 2.69. The van der Waals surface area contributed by atoms with E-state index in [0.717, 1.165) is 27.0 Å². The molecule has 0 saturated heterocycles. The first-order valence-electron chi connectivity index (χ1n) is 9.90. The smallest absolute Gasteiger partial charge is 0.236 e. The highest BCUT2D eigenvalue weighted by Gasteiger charge is 2.16. The fraction of sp³-hybridized carbons (Fsp3) is 0.130. The van der Waals surface area contributed by atoms with Crippen molar-refractivity contribution in [1.82, 2.24) is 19.7 Å². The second-order valence-corrected chi connectivity index (χ2v) is 9.54. The van der Waals surface area contributed by atoms with Crippen molar-refractivity contribution in [3.8, 4) is 28.4 Å². The van der Waals surface area contributed by atoms with Crippen molar-refractivity contribution in [3.05, 3.63) is 71.0 Å². The summed E-state index contributed by atoms with van der Waals surface area (Å²) in [6.07, 6.45) is 1.77. The summed E-state index contributed by atoms with van der Waals surface area (Å²) in [6.45, 7) is 4.35. The number of nitrogens with zero attached hydrogens (tertiary/aromatic N) is 4. The molecule has 0 atom stereocenters. The molecular weight excluding hydrogens is 522 g/mol. The number of thiazole rings is 1. The number of aromatic nitrogens is 4. The van der Waals surface area contributed by atoms with Crippen molar-refractivity contribution in [3.63, 3.8) is 0 Å². The second kappa shape index (κ2) is 10.8. The van der Waals surface area contributed by atoms with Gasteiger partial charge in [0.1, 0.15) is 5.75 Å². The molecule has 33 heavy (non-hydrogen) atoms. The number of amides is 1. The van der Waals surface area contributed by atoms with E-state index in [-0.39, 0.29) is 11.7 Å². The molecule has 0 radical (unpaired) electrons. The number of allylic oxidation sites excluding steroid dienone is 1. The summed E-state index contributed by atoms with van der Waals surface area (Å²) >= 11 is 6.14. The Bertz CT molecular complexity index is 1270. The Labute approximate surface area is 208 Å². The molecule has 4 rings (SSSR count). The van der Waals surface area contributed by atoms with Gasteiger partial charge in [-0.1, -0.05) is 58.0 Å². The van der Waals surface area contributed by atoms with E-state index in [1.165, 1.54) is 23.1 Å². The number of hydrogen-bond donors (Lipinski definition) is 1. The average Bonchev–Trinajstić information content (AvgIpc) is 3.46. The first kappa shape index (κ1) is 23.2. The number of thioether (sulfide) groups is 1. The van der Waals surface area contributed by atoms with Crippen LogP contribution in [-0.4, -0.2) is 38.5 Å². The number of nitrogens with one attached hydrogen (secondary N) is 1. The highest BCUT2D eigenvalue weighted by Crippen LogP contribution is 2.28. The van der Waals surface area contributed by atoms with Gasteiger partial charge in [-0.2, -0.15) is 0 Å². The number of carbonyl (C=O) groups is 1. The molecule has 4 aromatic rings. The van der Waals surface area contributed by atoms with Crippen molar-refractivity contribution in [2.75, 3.05) is 18.2 Å². The van der Waals surface area contributed by atoms with Crippen LogP contribution in [0.4, 0.5) is 5.13 Å². The largest absolute Gasteiger partial charge is 0.497 e. The Balaban J connectivity index is 1.42. The number of hydrogen-bond acceptors (Lipinski definition) is 7. The van der Waals surface area contributed by atoms with Crippen molar-refractivity contribution in [2.24, 2.45) is 0 Å². The van der Waals surface area contributed by atoms with Crippen LogP contribution in [-0.2, 0) is 11.3 Å². The maximum atomic E-state index is 12.5. The minimum atomic E-state index is -0.159. The molecule has 2 heterocycles. The summed E-state index contributed by atoms with van der Waals surface area (Å²) in [6, 6.07) is 15.5. The molecule has 0 bridgehead atoms. The Kier molecular flexibility index (Phi) is 7.58. The number of ether oxygens (including phenoxy) is 1. The minimum absolute atomic E-state index is 0.159. The molecule has 2 aromatic carbocycles. The molecule has 2 aromatic heterocycles. The van der Waals surface area contributed by atoms with Gasteiger partial charge in [-0.05, 0) is 24.3 Å². The summed E-state index contributed by atoms with van der Waals surface area (Å²) in [4.78, 5) is 17.1. The number of halogens is 1. The van der Waals surface area contributed by atoms with Crippen LogP contribution >= 0.6 is 39.0 Å². The van der Waals surface area contributed by atoms with E-state index in [9.17, 15) is 4.79 Å². The number of rotatable bonds is 9. The van der Waals surface area contributed by atoms with E-state index >= 15 is 0 Å². The van der Waals surface area contributed by atoms with E-state index in [1.807, 2.05) is 58.5 Å². The van der Waals surface area contributed by atoms with Crippen LogP contribution < -0.4 is 10.1 Å². The Hall–Kier alpha value is -2.95. The van der Waals surface area contributed by atoms with Gasteiger partial charge in [0, 0.05) is 27.5 Å². The topological polar surface area (TPSA) is 81.9 Å². The van der Waals surface area contributed by atoms with Gasteiger partial charge >= 0.3 is 0 Å². The maximum absolute atomic E-state index is 12.5. The van der Waals surface area contributed by atoms with E-state index in [1.54, 1.807) is 13.2 Å². The van der Waals surface area contributed by atoms with Gasteiger partial charge in [0.15, 0.2) is 16.1 Å². The Morgan fingerprint density at radius 3 is 2.82 bits per heavy atom. The Morgan fingerprint density at radius 1 is 1.24 bits per heavy atom. The van der Waals surface area contributed by atoms with Gasteiger partial charge in [0.25, 0.3) is 0 Å². The molecule has 7 nitrogen and oxygen atoms in total. The summed E-state index contributed by atoms with van der Waals surface area (Å²) in [5.74, 6) is 1.45. The number of anilines is 1. The molecule has 0 aliphatic heterocycles. The summed E-state index contributed by atoms with van der Waals surface area (Å²) < 4.78 is 8.24. The van der Waals surface area contributed by atoms with Crippen LogP contribution in [0.1, 0.15) is 0 Å². The third-order valence-electron chi connectivity index (χ3n) is 4.58. The molecule has 0 spiro atoms. The molecule has 0 unspecified atom stereocenters. The van der Waals surface area contributed by atoms with Crippen LogP contribution in [0.3, 0.4) is 0 Å². The second-order valence-electron chi connectivity index (χ2n) is 6.82. The number of benzene rings is 2. The zero-order valence-electron chi connectivity index (χ0n) is 17.7. The predicted molar refractivity (Wildman–Crippen MR) is 137 cm³/mol. The molecular formula is C23H20BrN5O2S2. The van der Waals surface area contributed by atoms with Gasteiger partial charge in [-0.25, -0.2) is 4.98 Å². The van der Waals surface area contributed by atoms with Gasteiger partial charge in [0.05, 0.1) is 18.6 Å². The highest BCUT2D eigenvalue weighted by molar-refractivity contribution is 9.10. The first-order valence-corrected chi connectivity index (χ1v) is 12.6. The van der Waals surface area contributed by atoms with E-state index < -0.39 is 0 Å². The van der Waals surface area contributed by atoms with Gasteiger partial charge in [-0.15, -0.1) is 28.1 Å². The third-order valence-corrected chi connectivity index (χ3v) is 6.83. The fourth-order valence-electron chi connectivity index (χ4n) is 3.03. The fourth-order valence-corrected chi connectivity index (χ4v) is 4.78. The average molecular weight is 542 g/mol.